The summed E-state index contributed by atoms with van der Waals surface area (Å²) in [4.78, 5) is 4.14. The number of nitrogens with one attached hydrogen (secondary N) is 2. The van der Waals surface area contributed by atoms with Crippen LogP contribution in [-0.2, 0) is 0 Å². The van der Waals surface area contributed by atoms with E-state index in [9.17, 15) is 13.2 Å². The van der Waals surface area contributed by atoms with Gasteiger partial charge in [-0.05, 0) is 35.7 Å². The van der Waals surface area contributed by atoms with Gasteiger partial charge in [0.05, 0.1) is 11.9 Å². The molecule has 8 heteroatoms. The average molecular weight is 359 g/mol. The second kappa shape index (κ2) is 7.38. The lowest BCUT2D eigenvalue weighted by molar-refractivity contribution is 0.449. The van der Waals surface area contributed by atoms with Crippen molar-refractivity contribution in [3.8, 4) is 0 Å². The molecule has 0 fully saturated rings. The van der Waals surface area contributed by atoms with Crippen molar-refractivity contribution in [2.45, 2.75) is 19.8 Å². The van der Waals surface area contributed by atoms with Crippen molar-refractivity contribution >= 4 is 23.1 Å². The fraction of sp³-hybridized carbons (Fsp3) is 0.167. The third kappa shape index (κ3) is 3.90. The van der Waals surface area contributed by atoms with Gasteiger partial charge >= 0.3 is 0 Å². The fourth-order valence-electron chi connectivity index (χ4n) is 2.26. The minimum atomic E-state index is -1.57. The van der Waals surface area contributed by atoms with Crippen LogP contribution in [0, 0.1) is 17.5 Å². The molecule has 1 heterocycles. The molecule has 134 valence electrons. The highest BCUT2D eigenvalue weighted by Crippen LogP contribution is 2.23. The van der Waals surface area contributed by atoms with Crippen LogP contribution in [0.5, 0.6) is 0 Å². The van der Waals surface area contributed by atoms with E-state index in [2.05, 4.69) is 39.7 Å². The summed E-state index contributed by atoms with van der Waals surface area (Å²) >= 11 is 0. The van der Waals surface area contributed by atoms with Gasteiger partial charge < -0.3 is 10.6 Å². The van der Waals surface area contributed by atoms with E-state index < -0.39 is 17.5 Å². The molecular formula is C18H16F3N5. The molecule has 5 nitrogen and oxygen atoms in total. The monoisotopic (exact) mass is 359 g/mol. The Balaban J connectivity index is 1.77. The molecule has 0 atom stereocenters. The van der Waals surface area contributed by atoms with Crippen molar-refractivity contribution in [1.82, 2.24) is 15.2 Å². The van der Waals surface area contributed by atoms with E-state index in [4.69, 9.17) is 0 Å². The van der Waals surface area contributed by atoms with Crippen molar-refractivity contribution < 1.29 is 13.2 Å². The molecule has 2 N–H and O–H groups in total. The molecule has 0 radical (unpaired) electrons. The van der Waals surface area contributed by atoms with E-state index in [1.165, 1.54) is 11.8 Å². The van der Waals surface area contributed by atoms with Crippen LogP contribution in [0.2, 0.25) is 0 Å². The van der Waals surface area contributed by atoms with Crippen molar-refractivity contribution in [2.24, 2.45) is 0 Å². The first kappa shape index (κ1) is 17.7. The maximum absolute atomic E-state index is 13.7. The zero-order chi connectivity index (χ0) is 18.7. The molecule has 0 aliphatic heterocycles. The lowest BCUT2D eigenvalue weighted by Crippen LogP contribution is -2.05. The summed E-state index contributed by atoms with van der Waals surface area (Å²) in [6, 6.07) is 9.67. The Hall–Kier alpha value is -3.16. The van der Waals surface area contributed by atoms with E-state index in [-0.39, 0.29) is 11.6 Å². The normalized spacial score (nSPS) is 10.8. The number of rotatable bonds is 5. The smallest absolute Gasteiger partial charge is 0.249 e. The van der Waals surface area contributed by atoms with Crippen LogP contribution in [-0.4, -0.2) is 15.2 Å². The largest absolute Gasteiger partial charge is 0.339 e. The van der Waals surface area contributed by atoms with Gasteiger partial charge in [0.1, 0.15) is 0 Å². The highest BCUT2D eigenvalue weighted by molar-refractivity contribution is 5.59. The number of nitrogens with zero attached hydrogens (tertiary/aromatic N) is 3. The maximum Gasteiger partial charge on any atom is 0.249 e. The number of hydrogen-bond acceptors (Lipinski definition) is 5. The zero-order valence-corrected chi connectivity index (χ0v) is 14.1. The minimum absolute atomic E-state index is 0.0568. The fourth-order valence-corrected chi connectivity index (χ4v) is 2.26. The van der Waals surface area contributed by atoms with Gasteiger partial charge in [-0.15, -0.1) is 5.10 Å². The molecule has 0 aliphatic carbocycles. The van der Waals surface area contributed by atoms with Gasteiger partial charge in [-0.2, -0.15) is 10.1 Å². The van der Waals surface area contributed by atoms with Gasteiger partial charge in [-0.1, -0.05) is 26.0 Å². The van der Waals surface area contributed by atoms with Crippen LogP contribution >= 0.6 is 0 Å². The summed E-state index contributed by atoms with van der Waals surface area (Å²) in [5.41, 5.74) is 1.71. The second-order valence-electron chi connectivity index (χ2n) is 5.91. The van der Waals surface area contributed by atoms with E-state index in [0.717, 1.165) is 17.8 Å². The summed E-state index contributed by atoms with van der Waals surface area (Å²) < 4.78 is 40.0. The van der Waals surface area contributed by atoms with E-state index in [0.29, 0.717) is 11.7 Å². The highest BCUT2D eigenvalue weighted by atomic mass is 19.2. The molecule has 0 spiro atoms. The Labute approximate surface area is 148 Å². The topological polar surface area (TPSA) is 62.7 Å². The third-order valence-electron chi connectivity index (χ3n) is 3.69. The first-order chi connectivity index (χ1) is 12.4. The van der Waals surface area contributed by atoms with Crippen molar-refractivity contribution in [2.75, 3.05) is 10.6 Å². The van der Waals surface area contributed by atoms with Gasteiger partial charge in [0.25, 0.3) is 0 Å². The molecule has 0 unspecified atom stereocenters. The molecule has 2 aromatic carbocycles. The molecule has 26 heavy (non-hydrogen) atoms. The van der Waals surface area contributed by atoms with Crippen LogP contribution in [0.15, 0.2) is 42.6 Å². The van der Waals surface area contributed by atoms with Crippen molar-refractivity contribution in [3.05, 3.63) is 65.6 Å². The standard InChI is InChI=1S/C18H16F3N5/c1-10(2)11-3-5-12(6-4-11)23-15-9-22-26-18(25-15)24-14-8-7-13(19)16(20)17(14)21/h3-10H,1-2H3,(H2,23,24,25,26). The molecule has 3 aromatic rings. The molecule has 0 aliphatic rings. The average Bonchev–Trinajstić information content (AvgIpc) is 2.63. The van der Waals surface area contributed by atoms with Gasteiger partial charge in [-0.25, -0.2) is 13.2 Å². The van der Waals surface area contributed by atoms with E-state index in [1.807, 2.05) is 24.3 Å². The molecule has 0 saturated carbocycles. The van der Waals surface area contributed by atoms with Crippen LogP contribution in [0.25, 0.3) is 0 Å². The first-order valence-electron chi connectivity index (χ1n) is 7.91. The predicted octanol–water partition coefficient (Wildman–Crippen LogP) is 4.90. The summed E-state index contributed by atoms with van der Waals surface area (Å²) in [5.74, 6) is -3.46. The van der Waals surface area contributed by atoms with Gasteiger partial charge in [0, 0.05) is 5.69 Å². The molecular weight excluding hydrogens is 343 g/mol. The van der Waals surface area contributed by atoms with Gasteiger partial charge in [0.15, 0.2) is 23.3 Å². The predicted molar refractivity (Wildman–Crippen MR) is 93.2 cm³/mol. The number of benzene rings is 2. The quantitative estimate of drug-likeness (QED) is 0.635. The third-order valence-corrected chi connectivity index (χ3v) is 3.69. The Morgan fingerprint density at radius 3 is 2.31 bits per heavy atom. The Morgan fingerprint density at radius 1 is 0.885 bits per heavy atom. The molecule has 3 rings (SSSR count). The lowest BCUT2D eigenvalue weighted by atomic mass is 10.0. The zero-order valence-electron chi connectivity index (χ0n) is 14.1. The molecule has 0 bridgehead atoms. The minimum Gasteiger partial charge on any atom is -0.339 e. The molecule has 0 saturated heterocycles. The Bertz CT molecular complexity index is 913. The van der Waals surface area contributed by atoms with E-state index >= 15 is 0 Å². The van der Waals surface area contributed by atoms with Crippen molar-refractivity contribution in [1.29, 1.82) is 0 Å². The van der Waals surface area contributed by atoms with Crippen LogP contribution in [0.1, 0.15) is 25.3 Å². The van der Waals surface area contributed by atoms with Crippen LogP contribution in [0.3, 0.4) is 0 Å². The summed E-state index contributed by atoms with van der Waals surface area (Å²) in [5, 5.41) is 13.0. The summed E-state index contributed by atoms with van der Waals surface area (Å²) in [6.45, 7) is 4.21. The molecule has 1 aromatic heterocycles. The molecule has 0 amide bonds. The second-order valence-corrected chi connectivity index (χ2v) is 5.91. The SMILES string of the molecule is CC(C)c1ccc(Nc2cnnc(Nc3ccc(F)c(F)c3F)n2)cc1. The summed E-state index contributed by atoms with van der Waals surface area (Å²) in [7, 11) is 0. The number of hydrogen-bond donors (Lipinski definition) is 2. The lowest BCUT2D eigenvalue weighted by Gasteiger charge is -2.10. The van der Waals surface area contributed by atoms with Gasteiger partial charge in [0.2, 0.25) is 5.95 Å². The highest BCUT2D eigenvalue weighted by Gasteiger charge is 2.14. The Kier molecular flexibility index (Phi) is 5.01. The Morgan fingerprint density at radius 2 is 1.62 bits per heavy atom. The van der Waals surface area contributed by atoms with Crippen molar-refractivity contribution in [3.63, 3.8) is 0 Å². The maximum atomic E-state index is 13.7. The number of aromatic nitrogens is 3. The van der Waals surface area contributed by atoms with Crippen LogP contribution < -0.4 is 10.6 Å². The number of anilines is 4. The van der Waals surface area contributed by atoms with E-state index in [1.54, 1.807) is 0 Å². The van der Waals surface area contributed by atoms with Crippen LogP contribution in [0.4, 0.5) is 36.3 Å². The summed E-state index contributed by atoms with van der Waals surface area (Å²) in [6.07, 6.45) is 1.39. The number of halogens is 3. The first-order valence-corrected chi connectivity index (χ1v) is 7.91. The van der Waals surface area contributed by atoms with Gasteiger partial charge in [-0.3, -0.25) is 0 Å².